The lowest BCUT2D eigenvalue weighted by atomic mass is 9.67. The maximum atomic E-state index is 14.4. The van der Waals surface area contributed by atoms with Crippen molar-refractivity contribution in [2.75, 3.05) is 19.3 Å². The third kappa shape index (κ3) is 6.19. The Bertz CT molecular complexity index is 1300. The summed E-state index contributed by atoms with van der Waals surface area (Å²) < 4.78 is 26.6. The number of carboxylic acid groups (broad SMARTS) is 1. The zero-order chi connectivity index (χ0) is 27.8. The van der Waals surface area contributed by atoms with Gasteiger partial charge in [0.1, 0.15) is 0 Å². The number of amides is 1. The molecule has 0 radical (unpaired) electrons. The van der Waals surface area contributed by atoms with Crippen LogP contribution in [0, 0.1) is 11.3 Å². The number of nitrogens with zero attached hydrogens (tertiary/aromatic N) is 2. The summed E-state index contributed by atoms with van der Waals surface area (Å²) >= 11 is 12.6. The topological polar surface area (TPSA) is 95.0 Å². The second-order valence-electron chi connectivity index (χ2n) is 10.8. The lowest BCUT2D eigenvalue weighted by Crippen LogP contribution is -2.59. The Morgan fingerprint density at radius 3 is 2.32 bits per heavy atom. The molecular formula is C28H34Cl2N2O5S. The van der Waals surface area contributed by atoms with Gasteiger partial charge in [-0.3, -0.25) is 9.59 Å². The molecule has 7 nitrogen and oxygen atoms in total. The lowest BCUT2D eigenvalue weighted by Gasteiger charge is -2.52. The van der Waals surface area contributed by atoms with Crippen LogP contribution in [0.25, 0.3) is 0 Å². The molecule has 1 aliphatic heterocycles. The second kappa shape index (κ2) is 11.2. The van der Waals surface area contributed by atoms with Gasteiger partial charge in [-0.1, -0.05) is 61.3 Å². The highest BCUT2D eigenvalue weighted by molar-refractivity contribution is 7.88. The number of rotatable bonds is 10. The van der Waals surface area contributed by atoms with Crippen LogP contribution in [-0.4, -0.2) is 60.0 Å². The number of hydrogen-bond acceptors (Lipinski definition) is 4. The number of sulfonamides is 1. The van der Waals surface area contributed by atoms with E-state index in [1.807, 2.05) is 35.2 Å². The van der Waals surface area contributed by atoms with Crippen LogP contribution in [-0.2, 0) is 19.6 Å². The van der Waals surface area contributed by atoms with Gasteiger partial charge >= 0.3 is 5.97 Å². The molecule has 1 saturated heterocycles. The molecule has 2 aromatic rings. The predicted octanol–water partition coefficient (Wildman–Crippen LogP) is 5.59. The first-order chi connectivity index (χ1) is 17.8. The van der Waals surface area contributed by atoms with Crippen LogP contribution in [0.4, 0.5) is 0 Å². The first kappa shape index (κ1) is 28.9. The Morgan fingerprint density at radius 2 is 1.79 bits per heavy atom. The number of hydrogen-bond donors (Lipinski definition) is 1. The van der Waals surface area contributed by atoms with Crippen LogP contribution in [0.3, 0.4) is 0 Å². The van der Waals surface area contributed by atoms with E-state index in [2.05, 4.69) is 0 Å². The molecule has 1 amide bonds. The molecule has 1 heterocycles. The van der Waals surface area contributed by atoms with Gasteiger partial charge in [0.15, 0.2) is 0 Å². The summed E-state index contributed by atoms with van der Waals surface area (Å²) in [5, 5.41) is 10.9. The maximum Gasteiger partial charge on any atom is 0.304 e. The molecular weight excluding hydrogens is 547 g/mol. The fraction of sp³-hybridized carbons (Fsp3) is 0.500. The summed E-state index contributed by atoms with van der Waals surface area (Å²) in [7, 11) is -3.51. The van der Waals surface area contributed by atoms with Crippen molar-refractivity contribution < 1.29 is 23.1 Å². The molecule has 2 aromatic carbocycles. The average Bonchev–Trinajstić information content (AvgIpc) is 3.66. The first-order valence-electron chi connectivity index (χ1n) is 12.8. The Kier molecular flexibility index (Phi) is 8.48. The van der Waals surface area contributed by atoms with Gasteiger partial charge in [-0.25, -0.2) is 12.7 Å². The Morgan fingerprint density at radius 1 is 1.13 bits per heavy atom. The largest absolute Gasteiger partial charge is 0.481 e. The van der Waals surface area contributed by atoms with Crippen molar-refractivity contribution >= 4 is 45.1 Å². The number of likely N-dealkylation sites (N-methyl/N-ethyl adjacent to an activating group) is 1. The van der Waals surface area contributed by atoms with E-state index in [0.717, 1.165) is 24.0 Å². The minimum Gasteiger partial charge on any atom is -0.481 e. The molecule has 1 N–H and O–H groups in total. The van der Waals surface area contributed by atoms with Gasteiger partial charge in [0.05, 0.1) is 24.1 Å². The second-order valence-corrected chi connectivity index (χ2v) is 13.7. The number of benzene rings is 2. The molecule has 4 atom stereocenters. The van der Waals surface area contributed by atoms with Crippen molar-refractivity contribution in [2.45, 2.75) is 57.5 Å². The summed E-state index contributed by atoms with van der Waals surface area (Å²) in [5.74, 6) is -1.47. The van der Waals surface area contributed by atoms with Crippen molar-refractivity contribution in [3.8, 4) is 0 Å². The number of carbonyl (C=O) groups is 2. The van der Waals surface area contributed by atoms with Crippen LogP contribution in [0.5, 0.6) is 0 Å². The molecule has 2 fully saturated rings. The summed E-state index contributed by atoms with van der Waals surface area (Å²) in [6.45, 7) is 3.92. The van der Waals surface area contributed by atoms with Crippen LogP contribution in [0.1, 0.15) is 62.6 Å². The molecule has 2 unspecified atom stereocenters. The average molecular weight is 582 g/mol. The molecule has 2 aliphatic rings. The highest BCUT2D eigenvalue weighted by atomic mass is 35.5. The van der Waals surface area contributed by atoms with Gasteiger partial charge in [0.25, 0.3) is 0 Å². The number of likely N-dealkylation sites (tertiary alicyclic amines) is 1. The van der Waals surface area contributed by atoms with Crippen molar-refractivity contribution in [1.29, 1.82) is 0 Å². The van der Waals surface area contributed by atoms with Gasteiger partial charge in [0.2, 0.25) is 15.9 Å². The predicted molar refractivity (Wildman–Crippen MR) is 149 cm³/mol. The standard InChI is InChI=1S/C28H34Cl2N2O5S/c1-4-31(38(3,36)37)17-24(18-8-9-18)32-26(19-10-12-21(29)13-11-19)23(20-6-5-7-22(30)14-20)15-28(2,27(32)35)16-25(33)34/h5-7,10-14,18,23-24,26H,4,8-9,15-17H2,1-3H3,(H,33,34)/t23?,24?,26-,28-/m1/s1. The minimum absolute atomic E-state index is 0.122. The van der Waals surface area contributed by atoms with E-state index in [-0.39, 0.29) is 37.3 Å². The van der Waals surface area contributed by atoms with Crippen molar-refractivity contribution in [1.82, 2.24) is 9.21 Å². The smallest absolute Gasteiger partial charge is 0.304 e. The molecule has 1 aliphatic carbocycles. The fourth-order valence-electron chi connectivity index (χ4n) is 5.90. The highest BCUT2D eigenvalue weighted by Gasteiger charge is 2.54. The van der Waals surface area contributed by atoms with Gasteiger partial charge in [-0.2, -0.15) is 0 Å². The van der Waals surface area contributed by atoms with Gasteiger partial charge in [-0.05, 0) is 60.6 Å². The zero-order valence-corrected chi connectivity index (χ0v) is 24.1. The molecule has 10 heteroatoms. The molecule has 4 rings (SSSR count). The van der Waals surface area contributed by atoms with Crippen molar-refractivity contribution in [3.63, 3.8) is 0 Å². The van der Waals surface area contributed by atoms with E-state index in [0.29, 0.717) is 16.5 Å². The lowest BCUT2D eigenvalue weighted by molar-refractivity contribution is -0.161. The van der Waals surface area contributed by atoms with E-state index in [1.165, 1.54) is 10.6 Å². The van der Waals surface area contributed by atoms with E-state index < -0.39 is 33.5 Å². The summed E-state index contributed by atoms with van der Waals surface area (Å²) in [6.07, 6.45) is 2.91. The molecule has 206 valence electrons. The third-order valence-corrected chi connectivity index (χ3v) is 9.70. The molecule has 1 saturated carbocycles. The number of carboxylic acids is 1. The van der Waals surface area contributed by atoms with Crippen molar-refractivity contribution in [3.05, 3.63) is 69.7 Å². The molecule has 0 aromatic heterocycles. The SMILES string of the molecule is CCN(CC(C1CC1)N1C(=O)[C@@](C)(CC(=O)O)CC(c2cccc(Cl)c2)[C@H]1c1ccc(Cl)cc1)S(C)(=O)=O. The Hall–Kier alpha value is -2.13. The Balaban J connectivity index is 1.92. The number of piperidine rings is 1. The normalized spacial score (nSPS) is 25.0. The first-order valence-corrected chi connectivity index (χ1v) is 15.4. The van der Waals surface area contributed by atoms with Crippen LogP contribution >= 0.6 is 23.2 Å². The Labute approximate surface area is 234 Å². The van der Waals surface area contributed by atoms with Crippen molar-refractivity contribution in [2.24, 2.45) is 11.3 Å². The zero-order valence-electron chi connectivity index (χ0n) is 21.8. The van der Waals surface area contributed by atoms with E-state index in [1.54, 1.807) is 32.0 Å². The molecule has 38 heavy (non-hydrogen) atoms. The van der Waals surface area contributed by atoms with Gasteiger partial charge in [-0.15, -0.1) is 0 Å². The maximum absolute atomic E-state index is 14.4. The van der Waals surface area contributed by atoms with Crippen LogP contribution in [0.2, 0.25) is 10.0 Å². The van der Waals surface area contributed by atoms with Gasteiger partial charge < -0.3 is 10.0 Å². The third-order valence-electron chi connectivity index (χ3n) is 7.87. The van der Waals surface area contributed by atoms with E-state index in [9.17, 15) is 23.1 Å². The number of carbonyl (C=O) groups excluding carboxylic acids is 1. The number of aliphatic carboxylic acids is 1. The summed E-state index contributed by atoms with van der Waals surface area (Å²) in [4.78, 5) is 28.2. The fourth-order valence-corrected chi connectivity index (χ4v) is 7.11. The van der Waals surface area contributed by atoms with E-state index in [4.69, 9.17) is 23.2 Å². The summed E-state index contributed by atoms with van der Waals surface area (Å²) in [6, 6.07) is 13.9. The highest BCUT2D eigenvalue weighted by Crippen LogP contribution is 2.54. The van der Waals surface area contributed by atoms with Crippen LogP contribution < -0.4 is 0 Å². The summed E-state index contributed by atoms with van der Waals surface area (Å²) in [5.41, 5.74) is 0.575. The van der Waals surface area contributed by atoms with Crippen LogP contribution in [0.15, 0.2) is 48.5 Å². The quantitative estimate of drug-likeness (QED) is 0.395. The molecule has 0 spiro atoms. The number of halogens is 2. The monoisotopic (exact) mass is 580 g/mol. The minimum atomic E-state index is -3.51. The molecule has 0 bridgehead atoms. The van der Waals surface area contributed by atoms with E-state index >= 15 is 0 Å². The van der Waals surface area contributed by atoms with Gasteiger partial charge in [0, 0.05) is 35.1 Å².